The van der Waals surface area contributed by atoms with E-state index in [1.165, 1.54) is 23.1 Å². The van der Waals surface area contributed by atoms with Gasteiger partial charge in [0.15, 0.2) is 4.34 Å². The van der Waals surface area contributed by atoms with Gasteiger partial charge in [0.2, 0.25) is 11.0 Å². The summed E-state index contributed by atoms with van der Waals surface area (Å²) in [5.41, 5.74) is 1.91. The van der Waals surface area contributed by atoms with Crippen molar-refractivity contribution in [1.29, 1.82) is 0 Å². The number of carbonyl (C=O) groups excluding carboxylic acids is 1. The van der Waals surface area contributed by atoms with Crippen LogP contribution in [0.2, 0.25) is 0 Å². The Hall–Kier alpha value is -2.58. The summed E-state index contributed by atoms with van der Waals surface area (Å²) in [5, 5.41) is 15.0. The van der Waals surface area contributed by atoms with E-state index in [1.54, 1.807) is 7.11 Å². The summed E-state index contributed by atoms with van der Waals surface area (Å²) in [5.74, 6) is 1.06. The quantitative estimate of drug-likeness (QED) is 0.572. The Morgan fingerprint density at radius 2 is 1.88 bits per heavy atom. The molecule has 0 bridgehead atoms. The maximum absolute atomic E-state index is 12.0. The molecule has 0 unspecified atom stereocenters. The van der Waals surface area contributed by atoms with Crippen LogP contribution in [-0.2, 0) is 11.3 Å². The van der Waals surface area contributed by atoms with E-state index in [1.807, 2.05) is 54.6 Å². The summed E-state index contributed by atoms with van der Waals surface area (Å²) in [4.78, 5) is 12.0. The molecule has 6 nitrogen and oxygen atoms in total. The van der Waals surface area contributed by atoms with Crippen LogP contribution in [0.4, 0.5) is 10.8 Å². The topological polar surface area (TPSA) is 76.1 Å². The Kier molecular flexibility index (Phi) is 6.45. The first kappa shape index (κ1) is 18.2. The van der Waals surface area contributed by atoms with Gasteiger partial charge in [0.1, 0.15) is 5.75 Å². The van der Waals surface area contributed by atoms with Crippen LogP contribution in [0.1, 0.15) is 5.56 Å². The number of nitrogens with zero attached hydrogens (tertiary/aromatic N) is 2. The minimum atomic E-state index is -0.0656. The van der Waals surface area contributed by atoms with E-state index in [4.69, 9.17) is 4.74 Å². The minimum absolute atomic E-state index is 0.0656. The lowest BCUT2D eigenvalue weighted by atomic mass is 10.2. The first-order valence-corrected chi connectivity index (χ1v) is 9.71. The Balaban J connectivity index is 1.44. The maximum atomic E-state index is 12.0. The average molecular weight is 387 g/mol. The molecule has 0 aliphatic heterocycles. The third kappa shape index (κ3) is 5.47. The van der Waals surface area contributed by atoms with Crippen LogP contribution in [0.3, 0.4) is 0 Å². The maximum Gasteiger partial charge on any atom is 0.234 e. The van der Waals surface area contributed by atoms with Crippen molar-refractivity contribution in [2.24, 2.45) is 0 Å². The van der Waals surface area contributed by atoms with Crippen LogP contribution in [-0.4, -0.2) is 29.0 Å². The number of para-hydroxylation sites is 1. The van der Waals surface area contributed by atoms with Gasteiger partial charge in [-0.3, -0.25) is 4.79 Å². The Labute approximate surface area is 160 Å². The summed E-state index contributed by atoms with van der Waals surface area (Å²) in [6.07, 6.45) is 0. The van der Waals surface area contributed by atoms with Gasteiger partial charge in [-0.2, -0.15) is 0 Å². The number of hydrogen-bond acceptors (Lipinski definition) is 7. The predicted molar refractivity (Wildman–Crippen MR) is 106 cm³/mol. The van der Waals surface area contributed by atoms with Crippen molar-refractivity contribution in [2.45, 2.75) is 10.9 Å². The predicted octanol–water partition coefficient (Wildman–Crippen LogP) is 3.89. The molecule has 2 aromatic carbocycles. The molecule has 26 heavy (non-hydrogen) atoms. The van der Waals surface area contributed by atoms with Crippen LogP contribution >= 0.6 is 23.1 Å². The zero-order chi connectivity index (χ0) is 18.2. The summed E-state index contributed by atoms with van der Waals surface area (Å²) in [7, 11) is 1.65. The number of thioether (sulfide) groups is 1. The van der Waals surface area contributed by atoms with E-state index in [9.17, 15) is 4.79 Å². The number of aromatic nitrogens is 2. The van der Waals surface area contributed by atoms with Crippen molar-refractivity contribution in [2.75, 3.05) is 23.5 Å². The van der Waals surface area contributed by atoms with Crippen molar-refractivity contribution >= 4 is 39.8 Å². The molecule has 0 aliphatic rings. The molecule has 1 heterocycles. The molecule has 0 saturated carbocycles. The third-order valence-corrected chi connectivity index (χ3v) is 5.41. The van der Waals surface area contributed by atoms with Crippen molar-refractivity contribution in [1.82, 2.24) is 10.2 Å². The van der Waals surface area contributed by atoms with Crippen molar-refractivity contribution < 1.29 is 9.53 Å². The van der Waals surface area contributed by atoms with Gasteiger partial charge in [-0.25, -0.2) is 0 Å². The molecule has 0 saturated heterocycles. The van der Waals surface area contributed by atoms with Gasteiger partial charge in [0.25, 0.3) is 0 Å². The number of rotatable bonds is 8. The highest BCUT2D eigenvalue weighted by Crippen LogP contribution is 2.26. The van der Waals surface area contributed by atoms with Gasteiger partial charge < -0.3 is 15.4 Å². The number of nitrogens with one attached hydrogen (secondary N) is 2. The lowest BCUT2D eigenvalue weighted by Crippen LogP contribution is -2.13. The molecule has 3 rings (SSSR count). The second-order valence-electron chi connectivity index (χ2n) is 5.28. The smallest absolute Gasteiger partial charge is 0.234 e. The van der Waals surface area contributed by atoms with E-state index in [2.05, 4.69) is 20.8 Å². The lowest BCUT2D eigenvalue weighted by molar-refractivity contribution is -0.113. The Bertz CT molecular complexity index is 838. The number of hydrogen-bond donors (Lipinski definition) is 2. The fourth-order valence-electron chi connectivity index (χ4n) is 2.11. The summed E-state index contributed by atoms with van der Waals surface area (Å²) in [6.45, 7) is 0.651. The zero-order valence-electron chi connectivity index (χ0n) is 14.1. The van der Waals surface area contributed by atoms with E-state index < -0.39 is 0 Å². The van der Waals surface area contributed by atoms with Gasteiger partial charge in [-0.1, -0.05) is 53.4 Å². The molecule has 0 fully saturated rings. The second kappa shape index (κ2) is 9.21. The van der Waals surface area contributed by atoms with Crippen LogP contribution in [0.15, 0.2) is 58.9 Å². The fraction of sp³-hybridized carbons (Fsp3) is 0.167. The number of benzene rings is 2. The molecule has 1 amide bonds. The monoisotopic (exact) mass is 386 g/mol. The fourth-order valence-corrected chi connectivity index (χ4v) is 3.65. The molecule has 134 valence electrons. The molecular formula is C18H18N4O2S2. The largest absolute Gasteiger partial charge is 0.497 e. The van der Waals surface area contributed by atoms with Crippen LogP contribution in [0.5, 0.6) is 5.75 Å². The zero-order valence-corrected chi connectivity index (χ0v) is 15.8. The molecule has 0 atom stereocenters. The van der Waals surface area contributed by atoms with Gasteiger partial charge >= 0.3 is 0 Å². The first-order chi connectivity index (χ1) is 12.7. The molecule has 0 radical (unpaired) electrons. The number of anilines is 2. The lowest BCUT2D eigenvalue weighted by Gasteiger charge is -2.04. The van der Waals surface area contributed by atoms with Crippen LogP contribution in [0.25, 0.3) is 0 Å². The first-order valence-electron chi connectivity index (χ1n) is 7.91. The average Bonchev–Trinajstić information content (AvgIpc) is 3.14. The summed E-state index contributed by atoms with van der Waals surface area (Å²) in [6, 6.07) is 17.2. The normalized spacial score (nSPS) is 10.3. The molecule has 8 heteroatoms. The number of methoxy groups -OCH3 is 1. The van der Waals surface area contributed by atoms with Gasteiger partial charge in [0.05, 0.1) is 12.9 Å². The second-order valence-corrected chi connectivity index (χ2v) is 7.48. The molecule has 2 N–H and O–H groups in total. The van der Waals surface area contributed by atoms with Gasteiger partial charge in [-0.05, 0) is 29.8 Å². The molecule has 0 aliphatic carbocycles. The highest BCUT2D eigenvalue weighted by atomic mass is 32.2. The Morgan fingerprint density at radius 1 is 1.12 bits per heavy atom. The van der Waals surface area contributed by atoms with Crippen molar-refractivity contribution in [3.63, 3.8) is 0 Å². The van der Waals surface area contributed by atoms with E-state index in [0.29, 0.717) is 12.3 Å². The summed E-state index contributed by atoms with van der Waals surface area (Å²) < 4.78 is 5.90. The Morgan fingerprint density at radius 3 is 2.62 bits per heavy atom. The molecule has 1 aromatic heterocycles. The highest BCUT2D eigenvalue weighted by Gasteiger charge is 2.08. The molecule has 3 aromatic rings. The van der Waals surface area contributed by atoms with E-state index in [0.717, 1.165) is 26.5 Å². The SMILES string of the molecule is COc1ccc(CNc2nnc(SCC(=O)Nc3ccccc3)s2)cc1. The summed E-state index contributed by atoms with van der Waals surface area (Å²) >= 11 is 2.80. The van der Waals surface area contributed by atoms with E-state index in [-0.39, 0.29) is 5.91 Å². The van der Waals surface area contributed by atoms with Crippen molar-refractivity contribution in [3.8, 4) is 5.75 Å². The molecular weight excluding hydrogens is 368 g/mol. The standard InChI is InChI=1S/C18H18N4O2S2/c1-24-15-9-7-13(8-10-15)11-19-17-21-22-18(26-17)25-12-16(23)20-14-5-3-2-4-6-14/h2-10H,11-12H2,1H3,(H,19,21)(H,20,23). The highest BCUT2D eigenvalue weighted by molar-refractivity contribution is 8.01. The van der Waals surface area contributed by atoms with Gasteiger partial charge in [0, 0.05) is 12.2 Å². The minimum Gasteiger partial charge on any atom is -0.497 e. The van der Waals surface area contributed by atoms with Gasteiger partial charge in [-0.15, -0.1) is 10.2 Å². The third-order valence-electron chi connectivity index (χ3n) is 3.39. The van der Waals surface area contributed by atoms with E-state index >= 15 is 0 Å². The number of amides is 1. The van der Waals surface area contributed by atoms with Crippen LogP contribution < -0.4 is 15.4 Å². The van der Waals surface area contributed by atoms with Crippen molar-refractivity contribution in [3.05, 3.63) is 60.2 Å². The molecule has 0 spiro atoms. The van der Waals surface area contributed by atoms with Crippen LogP contribution in [0, 0.1) is 0 Å². The number of carbonyl (C=O) groups is 1. The number of ether oxygens (including phenoxy) is 1.